The maximum absolute atomic E-state index is 12.5. The Labute approximate surface area is 172 Å². The first-order valence-corrected chi connectivity index (χ1v) is 10.2. The van der Waals surface area contributed by atoms with Crippen LogP contribution >= 0.6 is 0 Å². The number of carbonyl (C=O) groups is 2. The van der Waals surface area contributed by atoms with Gasteiger partial charge in [0.25, 0.3) is 0 Å². The monoisotopic (exact) mass is 392 g/mol. The maximum atomic E-state index is 12.5. The first-order chi connectivity index (χ1) is 14.2. The Hall–Kier alpha value is -3.08. The zero-order valence-electron chi connectivity index (χ0n) is 16.8. The summed E-state index contributed by atoms with van der Waals surface area (Å²) < 4.78 is 5.59. The molecule has 0 radical (unpaired) electrons. The fourth-order valence-corrected chi connectivity index (χ4v) is 3.46. The van der Waals surface area contributed by atoms with Crippen molar-refractivity contribution in [1.82, 2.24) is 10.2 Å². The highest BCUT2D eigenvalue weighted by Gasteiger charge is 2.26. The minimum Gasteiger partial charge on any atom is -0.493 e. The molecule has 1 aliphatic rings. The lowest BCUT2D eigenvalue weighted by atomic mass is 9.95. The van der Waals surface area contributed by atoms with Gasteiger partial charge in [-0.3, -0.25) is 9.59 Å². The summed E-state index contributed by atoms with van der Waals surface area (Å²) in [5.41, 5.74) is 1.98. The Morgan fingerprint density at radius 1 is 1.07 bits per heavy atom. The van der Waals surface area contributed by atoms with E-state index in [9.17, 15) is 9.59 Å². The highest BCUT2D eigenvalue weighted by molar-refractivity contribution is 5.92. The van der Waals surface area contributed by atoms with Crippen molar-refractivity contribution in [3.8, 4) is 5.75 Å². The van der Waals surface area contributed by atoms with E-state index in [-0.39, 0.29) is 17.7 Å². The summed E-state index contributed by atoms with van der Waals surface area (Å²) in [5, 5.41) is 3.01. The Morgan fingerprint density at radius 3 is 2.48 bits per heavy atom. The summed E-state index contributed by atoms with van der Waals surface area (Å²) in [4.78, 5) is 26.7. The largest absolute Gasteiger partial charge is 0.493 e. The van der Waals surface area contributed by atoms with E-state index in [2.05, 4.69) is 5.32 Å². The van der Waals surface area contributed by atoms with Crippen molar-refractivity contribution in [3.05, 3.63) is 71.8 Å². The molecule has 1 saturated heterocycles. The van der Waals surface area contributed by atoms with Gasteiger partial charge in [0.2, 0.25) is 11.8 Å². The molecule has 0 spiro atoms. The number of likely N-dealkylation sites (tertiary alicyclic amines) is 1. The number of carbonyl (C=O) groups excluding carboxylic acids is 2. The predicted molar refractivity (Wildman–Crippen MR) is 114 cm³/mol. The SMILES string of the molecule is CCOc1ccccc1/C=C/C(=O)N1CCC(C(=O)NCc2ccccc2)CC1. The van der Waals surface area contributed by atoms with Gasteiger partial charge in [-0.15, -0.1) is 0 Å². The third kappa shape index (κ3) is 5.95. The smallest absolute Gasteiger partial charge is 0.246 e. The second-order valence-electron chi connectivity index (χ2n) is 7.11. The lowest BCUT2D eigenvalue weighted by Crippen LogP contribution is -2.42. The van der Waals surface area contributed by atoms with Crippen LogP contribution in [0.2, 0.25) is 0 Å². The van der Waals surface area contributed by atoms with Crippen LogP contribution in [-0.4, -0.2) is 36.4 Å². The van der Waals surface area contributed by atoms with Crippen molar-refractivity contribution < 1.29 is 14.3 Å². The summed E-state index contributed by atoms with van der Waals surface area (Å²) >= 11 is 0. The molecule has 0 atom stereocenters. The van der Waals surface area contributed by atoms with Crippen LogP contribution in [0.5, 0.6) is 5.75 Å². The summed E-state index contributed by atoms with van der Waals surface area (Å²) in [7, 11) is 0. The first-order valence-electron chi connectivity index (χ1n) is 10.2. The second kappa shape index (κ2) is 10.5. The molecule has 5 nitrogen and oxygen atoms in total. The Morgan fingerprint density at radius 2 is 1.76 bits per heavy atom. The molecule has 5 heteroatoms. The molecule has 3 rings (SSSR count). The Kier molecular flexibility index (Phi) is 7.45. The fourth-order valence-electron chi connectivity index (χ4n) is 3.46. The van der Waals surface area contributed by atoms with Gasteiger partial charge in [-0.25, -0.2) is 0 Å². The van der Waals surface area contributed by atoms with Crippen molar-refractivity contribution in [2.24, 2.45) is 5.92 Å². The molecular weight excluding hydrogens is 364 g/mol. The number of para-hydroxylation sites is 1. The van der Waals surface area contributed by atoms with Crippen molar-refractivity contribution in [1.29, 1.82) is 0 Å². The molecule has 0 saturated carbocycles. The molecule has 1 fully saturated rings. The van der Waals surface area contributed by atoms with Crippen LogP contribution in [0.3, 0.4) is 0 Å². The summed E-state index contributed by atoms with van der Waals surface area (Å²) in [5.74, 6) is 0.778. The standard InChI is InChI=1S/C24H28N2O3/c1-2-29-22-11-7-6-10-20(22)12-13-23(27)26-16-14-21(15-17-26)24(28)25-18-19-8-4-3-5-9-19/h3-13,21H,2,14-18H2,1H3,(H,25,28)/b13-12+. The van der Waals surface area contributed by atoms with Gasteiger partial charge in [-0.05, 0) is 37.5 Å². The van der Waals surface area contributed by atoms with Crippen molar-refractivity contribution in [3.63, 3.8) is 0 Å². The third-order valence-corrected chi connectivity index (χ3v) is 5.11. The van der Waals surface area contributed by atoms with Gasteiger partial charge in [0, 0.05) is 37.2 Å². The Bertz CT molecular complexity index is 840. The van der Waals surface area contributed by atoms with E-state index < -0.39 is 0 Å². The maximum Gasteiger partial charge on any atom is 0.246 e. The number of nitrogens with zero attached hydrogens (tertiary/aromatic N) is 1. The minimum atomic E-state index is -0.0366. The number of hydrogen-bond donors (Lipinski definition) is 1. The van der Waals surface area contributed by atoms with E-state index in [0.29, 0.717) is 39.1 Å². The van der Waals surface area contributed by atoms with Crippen LogP contribution in [0.25, 0.3) is 6.08 Å². The normalized spacial score (nSPS) is 14.7. The third-order valence-electron chi connectivity index (χ3n) is 5.11. The number of ether oxygens (including phenoxy) is 1. The number of nitrogens with one attached hydrogen (secondary N) is 1. The van der Waals surface area contributed by atoms with Crippen LogP contribution in [0.4, 0.5) is 0 Å². The highest BCUT2D eigenvalue weighted by atomic mass is 16.5. The fraction of sp³-hybridized carbons (Fsp3) is 0.333. The molecule has 152 valence electrons. The van der Waals surface area contributed by atoms with Gasteiger partial charge >= 0.3 is 0 Å². The van der Waals surface area contributed by atoms with Gasteiger partial charge in [-0.1, -0.05) is 48.5 Å². The van der Waals surface area contributed by atoms with Gasteiger partial charge in [0.1, 0.15) is 5.75 Å². The molecule has 0 unspecified atom stereocenters. The topological polar surface area (TPSA) is 58.6 Å². The Balaban J connectivity index is 1.47. The first kappa shape index (κ1) is 20.6. The average Bonchev–Trinajstić information content (AvgIpc) is 2.77. The van der Waals surface area contributed by atoms with Gasteiger partial charge in [0.15, 0.2) is 0 Å². The van der Waals surface area contributed by atoms with Crippen molar-refractivity contribution in [2.75, 3.05) is 19.7 Å². The van der Waals surface area contributed by atoms with Gasteiger partial charge in [-0.2, -0.15) is 0 Å². The van der Waals surface area contributed by atoms with E-state index >= 15 is 0 Å². The molecule has 0 aliphatic carbocycles. The summed E-state index contributed by atoms with van der Waals surface area (Å²) in [6.07, 6.45) is 4.77. The molecule has 2 aromatic rings. The van der Waals surface area contributed by atoms with Crippen LogP contribution in [-0.2, 0) is 16.1 Å². The lowest BCUT2D eigenvalue weighted by molar-refractivity contribution is -0.132. The van der Waals surface area contributed by atoms with E-state index in [1.807, 2.05) is 61.5 Å². The molecule has 2 amide bonds. The molecule has 0 aromatic heterocycles. The van der Waals surface area contributed by atoms with Crippen LogP contribution in [0, 0.1) is 5.92 Å². The average molecular weight is 392 g/mol. The van der Waals surface area contributed by atoms with E-state index in [0.717, 1.165) is 16.9 Å². The zero-order chi connectivity index (χ0) is 20.5. The molecule has 1 N–H and O–H groups in total. The lowest BCUT2D eigenvalue weighted by Gasteiger charge is -2.30. The van der Waals surface area contributed by atoms with Gasteiger partial charge < -0.3 is 15.0 Å². The van der Waals surface area contributed by atoms with E-state index in [1.54, 1.807) is 17.1 Å². The van der Waals surface area contributed by atoms with E-state index in [4.69, 9.17) is 4.74 Å². The molecule has 29 heavy (non-hydrogen) atoms. The highest BCUT2D eigenvalue weighted by Crippen LogP contribution is 2.21. The molecule has 1 heterocycles. The van der Waals surface area contributed by atoms with Crippen molar-refractivity contribution in [2.45, 2.75) is 26.3 Å². The van der Waals surface area contributed by atoms with Crippen molar-refractivity contribution >= 4 is 17.9 Å². The molecule has 2 aromatic carbocycles. The number of benzene rings is 2. The predicted octanol–water partition coefficient (Wildman–Crippen LogP) is 3.65. The van der Waals surface area contributed by atoms with Crippen LogP contribution in [0.15, 0.2) is 60.7 Å². The molecule has 1 aliphatic heterocycles. The number of amides is 2. The molecule has 0 bridgehead atoms. The van der Waals surface area contributed by atoms with E-state index in [1.165, 1.54) is 0 Å². The molecular formula is C24H28N2O3. The van der Waals surface area contributed by atoms with Crippen LogP contribution < -0.4 is 10.1 Å². The number of hydrogen-bond acceptors (Lipinski definition) is 3. The van der Waals surface area contributed by atoms with Gasteiger partial charge in [0.05, 0.1) is 6.61 Å². The number of piperidine rings is 1. The van der Waals surface area contributed by atoms with Crippen LogP contribution in [0.1, 0.15) is 30.9 Å². The summed E-state index contributed by atoms with van der Waals surface area (Å²) in [6.45, 7) is 4.25. The quantitative estimate of drug-likeness (QED) is 0.732. The minimum absolute atomic E-state index is 0.0283. The zero-order valence-corrected chi connectivity index (χ0v) is 16.8. The summed E-state index contributed by atoms with van der Waals surface area (Å²) in [6, 6.07) is 17.5. The number of rotatable bonds is 7. The second-order valence-corrected chi connectivity index (χ2v) is 7.11.